The molecule has 0 saturated carbocycles. The minimum atomic E-state index is -0.0565. The van der Waals surface area contributed by atoms with E-state index in [0.717, 1.165) is 28.0 Å². The number of hydrogen-bond acceptors (Lipinski definition) is 3. The number of H-pyrrole nitrogens is 1. The molecule has 106 valence electrons. The predicted molar refractivity (Wildman–Crippen MR) is 81.4 cm³/mol. The predicted octanol–water partition coefficient (Wildman–Crippen LogP) is 2.75. The molecule has 5 heteroatoms. The molecule has 2 aromatic carbocycles. The first-order valence-electron chi connectivity index (χ1n) is 6.60. The van der Waals surface area contributed by atoms with Gasteiger partial charge in [-0.2, -0.15) is 0 Å². The van der Waals surface area contributed by atoms with Gasteiger partial charge in [0.1, 0.15) is 5.75 Å². The number of aromatic amines is 1. The number of amides is 1. The number of benzene rings is 2. The van der Waals surface area contributed by atoms with Crippen molar-refractivity contribution in [2.24, 2.45) is 0 Å². The zero-order valence-corrected chi connectivity index (χ0v) is 11.6. The molecule has 0 atom stereocenters. The molecule has 1 aromatic heterocycles. The molecule has 21 heavy (non-hydrogen) atoms. The smallest absolute Gasteiger partial charge is 0.228 e. The maximum Gasteiger partial charge on any atom is 0.228 e. The Morgan fingerprint density at radius 1 is 1.24 bits per heavy atom. The van der Waals surface area contributed by atoms with Crippen molar-refractivity contribution in [2.45, 2.75) is 6.42 Å². The summed E-state index contributed by atoms with van der Waals surface area (Å²) < 4.78 is 5.09. The number of ether oxygens (including phenoxy) is 1. The summed E-state index contributed by atoms with van der Waals surface area (Å²) in [5, 5.41) is 2.88. The van der Waals surface area contributed by atoms with Gasteiger partial charge < -0.3 is 15.0 Å². The zero-order chi connectivity index (χ0) is 14.7. The molecular formula is C16H15N3O2. The minimum absolute atomic E-state index is 0.0565. The zero-order valence-electron chi connectivity index (χ0n) is 11.6. The van der Waals surface area contributed by atoms with Crippen molar-refractivity contribution in [3.05, 3.63) is 54.4 Å². The van der Waals surface area contributed by atoms with E-state index in [-0.39, 0.29) is 5.91 Å². The topological polar surface area (TPSA) is 67.0 Å². The van der Waals surface area contributed by atoms with Crippen molar-refractivity contribution in [1.82, 2.24) is 9.97 Å². The number of nitrogens with zero attached hydrogens (tertiary/aromatic N) is 1. The maximum absolute atomic E-state index is 12.0. The van der Waals surface area contributed by atoms with Gasteiger partial charge in [0, 0.05) is 5.69 Å². The quantitative estimate of drug-likeness (QED) is 0.772. The van der Waals surface area contributed by atoms with Crippen LogP contribution >= 0.6 is 0 Å². The number of carbonyl (C=O) groups is 1. The normalized spacial score (nSPS) is 10.5. The van der Waals surface area contributed by atoms with E-state index in [1.165, 1.54) is 0 Å². The Kier molecular flexibility index (Phi) is 3.55. The average molecular weight is 281 g/mol. The Hall–Kier alpha value is -2.82. The first-order chi connectivity index (χ1) is 10.2. The molecule has 3 aromatic rings. The molecule has 0 radical (unpaired) electrons. The number of hydrogen-bond donors (Lipinski definition) is 2. The fourth-order valence-electron chi connectivity index (χ4n) is 2.15. The third kappa shape index (κ3) is 3.02. The van der Waals surface area contributed by atoms with Crippen molar-refractivity contribution >= 4 is 22.6 Å². The molecule has 5 nitrogen and oxygen atoms in total. The second-order valence-electron chi connectivity index (χ2n) is 4.71. The summed E-state index contributed by atoms with van der Waals surface area (Å²) in [5.74, 6) is 0.725. The standard InChI is InChI=1S/C16H15N3O2/c1-21-13-5-2-11(3-6-13)8-16(20)19-12-4-7-14-15(9-12)18-10-17-14/h2-7,9-10H,8H2,1H3,(H,17,18)(H,19,20). The second-order valence-corrected chi connectivity index (χ2v) is 4.71. The van der Waals surface area contributed by atoms with Crippen LogP contribution in [0.25, 0.3) is 11.0 Å². The molecule has 0 spiro atoms. The van der Waals surface area contributed by atoms with Crippen molar-refractivity contribution < 1.29 is 9.53 Å². The SMILES string of the molecule is COc1ccc(CC(=O)Nc2ccc3nc[nH]c3c2)cc1. The number of rotatable bonds is 4. The van der Waals surface area contributed by atoms with Crippen LogP contribution in [0.2, 0.25) is 0 Å². The second kappa shape index (κ2) is 5.66. The molecule has 1 heterocycles. The van der Waals surface area contributed by atoms with Gasteiger partial charge in [0.15, 0.2) is 0 Å². The Morgan fingerprint density at radius 3 is 2.81 bits per heavy atom. The molecule has 3 rings (SSSR count). The van der Waals surface area contributed by atoms with Crippen LogP contribution in [-0.4, -0.2) is 23.0 Å². The Labute approximate surface area is 122 Å². The van der Waals surface area contributed by atoms with E-state index in [1.54, 1.807) is 13.4 Å². The lowest BCUT2D eigenvalue weighted by atomic mass is 10.1. The monoisotopic (exact) mass is 281 g/mol. The molecule has 0 unspecified atom stereocenters. The van der Waals surface area contributed by atoms with Crippen LogP contribution in [0.1, 0.15) is 5.56 Å². The van der Waals surface area contributed by atoms with Crippen molar-refractivity contribution in [3.63, 3.8) is 0 Å². The molecule has 1 amide bonds. The lowest BCUT2D eigenvalue weighted by Crippen LogP contribution is -2.14. The van der Waals surface area contributed by atoms with E-state index < -0.39 is 0 Å². The van der Waals surface area contributed by atoms with Gasteiger partial charge in [0.25, 0.3) is 0 Å². The summed E-state index contributed by atoms with van der Waals surface area (Å²) in [6, 6.07) is 13.0. The number of aromatic nitrogens is 2. The molecule has 0 fully saturated rings. The van der Waals surface area contributed by atoms with Crippen LogP contribution in [0.4, 0.5) is 5.69 Å². The van der Waals surface area contributed by atoms with Crippen molar-refractivity contribution in [1.29, 1.82) is 0 Å². The summed E-state index contributed by atoms with van der Waals surface area (Å²) >= 11 is 0. The molecule has 0 aliphatic heterocycles. The summed E-state index contributed by atoms with van der Waals surface area (Å²) in [6.45, 7) is 0. The molecule has 2 N–H and O–H groups in total. The fraction of sp³-hybridized carbons (Fsp3) is 0.125. The molecule has 0 aliphatic carbocycles. The van der Waals surface area contributed by atoms with E-state index in [0.29, 0.717) is 6.42 Å². The molecule has 0 saturated heterocycles. The third-order valence-electron chi connectivity index (χ3n) is 3.23. The van der Waals surface area contributed by atoms with E-state index in [9.17, 15) is 4.79 Å². The number of anilines is 1. The molecule has 0 aliphatic rings. The van der Waals surface area contributed by atoms with Crippen LogP contribution in [0, 0.1) is 0 Å². The van der Waals surface area contributed by atoms with Gasteiger partial charge in [0.05, 0.1) is 30.9 Å². The number of nitrogens with one attached hydrogen (secondary N) is 2. The van der Waals surface area contributed by atoms with E-state index >= 15 is 0 Å². The number of fused-ring (bicyclic) bond motifs is 1. The molecule has 0 bridgehead atoms. The number of imidazole rings is 1. The Bertz CT molecular complexity index is 763. The highest BCUT2D eigenvalue weighted by molar-refractivity contribution is 5.94. The summed E-state index contributed by atoms with van der Waals surface area (Å²) in [7, 11) is 1.62. The Morgan fingerprint density at radius 2 is 2.05 bits per heavy atom. The van der Waals surface area contributed by atoms with Gasteiger partial charge in [-0.15, -0.1) is 0 Å². The summed E-state index contributed by atoms with van der Waals surface area (Å²) in [4.78, 5) is 19.2. The fourth-order valence-corrected chi connectivity index (χ4v) is 2.15. The average Bonchev–Trinajstić information content (AvgIpc) is 2.95. The number of methoxy groups -OCH3 is 1. The lowest BCUT2D eigenvalue weighted by Gasteiger charge is -2.06. The van der Waals surface area contributed by atoms with Crippen LogP contribution in [0.5, 0.6) is 5.75 Å². The first kappa shape index (κ1) is 13.2. The highest BCUT2D eigenvalue weighted by Gasteiger charge is 2.05. The van der Waals surface area contributed by atoms with Crippen LogP contribution in [0.15, 0.2) is 48.8 Å². The van der Waals surface area contributed by atoms with Crippen molar-refractivity contribution in [3.8, 4) is 5.75 Å². The first-order valence-corrected chi connectivity index (χ1v) is 6.60. The maximum atomic E-state index is 12.0. The van der Waals surface area contributed by atoms with Gasteiger partial charge in [-0.3, -0.25) is 4.79 Å². The van der Waals surface area contributed by atoms with Gasteiger partial charge in [-0.1, -0.05) is 12.1 Å². The van der Waals surface area contributed by atoms with Crippen LogP contribution < -0.4 is 10.1 Å². The summed E-state index contributed by atoms with van der Waals surface area (Å²) in [6.07, 6.45) is 1.96. The molecular weight excluding hydrogens is 266 g/mol. The van der Waals surface area contributed by atoms with E-state index in [2.05, 4.69) is 15.3 Å². The van der Waals surface area contributed by atoms with Crippen molar-refractivity contribution in [2.75, 3.05) is 12.4 Å². The lowest BCUT2D eigenvalue weighted by molar-refractivity contribution is -0.115. The van der Waals surface area contributed by atoms with Gasteiger partial charge in [0.2, 0.25) is 5.91 Å². The minimum Gasteiger partial charge on any atom is -0.497 e. The summed E-state index contributed by atoms with van der Waals surface area (Å²) in [5.41, 5.74) is 3.47. The van der Waals surface area contributed by atoms with E-state index in [4.69, 9.17) is 4.74 Å². The van der Waals surface area contributed by atoms with Crippen LogP contribution in [-0.2, 0) is 11.2 Å². The largest absolute Gasteiger partial charge is 0.497 e. The highest BCUT2D eigenvalue weighted by atomic mass is 16.5. The van der Waals surface area contributed by atoms with Gasteiger partial charge in [-0.05, 0) is 35.9 Å². The number of carbonyl (C=O) groups excluding carboxylic acids is 1. The Balaban J connectivity index is 1.67. The van der Waals surface area contributed by atoms with Gasteiger partial charge >= 0.3 is 0 Å². The van der Waals surface area contributed by atoms with Crippen LogP contribution in [0.3, 0.4) is 0 Å². The van der Waals surface area contributed by atoms with Gasteiger partial charge in [-0.25, -0.2) is 4.98 Å². The highest BCUT2D eigenvalue weighted by Crippen LogP contribution is 2.16. The van der Waals surface area contributed by atoms with E-state index in [1.807, 2.05) is 42.5 Å². The third-order valence-corrected chi connectivity index (χ3v) is 3.23.